The monoisotopic (exact) mass is 400 g/mol. The molecule has 0 bridgehead atoms. The number of benzene rings is 2. The van der Waals surface area contributed by atoms with Crippen molar-refractivity contribution in [2.24, 2.45) is 0 Å². The molecule has 4 aromatic rings. The second kappa shape index (κ2) is 7.90. The van der Waals surface area contributed by atoms with E-state index in [1.165, 1.54) is 52.5 Å². The zero-order valence-electron chi connectivity index (χ0n) is 16.7. The summed E-state index contributed by atoms with van der Waals surface area (Å²) >= 11 is 3.81. The van der Waals surface area contributed by atoms with Gasteiger partial charge in [0.15, 0.2) is 0 Å². The zero-order valence-corrected chi connectivity index (χ0v) is 18.4. The summed E-state index contributed by atoms with van der Waals surface area (Å²) < 4.78 is 2.85. The lowest BCUT2D eigenvalue weighted by atomic mass is 10.1. The molecule has 2 aromatic heterocycles. The largest absolute Gasteiger partial charge is 0.134 e. The van der Waals surface area contributed by atoms with Crippen LogP contribution in [0.15, 0.2) is 48.5 Å². The van der Waals surface area contributed by atoms with Crippen LogP contribution in [0.5, 0.6) is 0 Å². The van der Waals surface area contributed by atoms with E-state index in [4.69, 9.17) is 0 Å². The van der Waals surface area contributed by atoms with E-state index < -0.39 is 0 Å². The SMILES string of the molecule is Cc1ccc(C=Cc2sc3c(C)c(C=Cc4ccc(C)cc4)sc3c2C)cc1. The van der Waals surface area contributed by atoms with Gasteiger partial charge in [-0.05, 0) is 62.1 Å². The first-order valence-electron chi connectivity index (χ1n) is 9.53. The molecule has 0 atom stereocenters. The molecule has 0 aliphatic rings. The maximum absolute atomic E-state index is 2.26. The lowest BCUT2D eigenvalue weighted by Gasteiger charge is -1.96. The highest BCUT2D eigenvalue weighted by atomic mass is 32.1. The van der Waals surface area contributed by atoms with Crippen molar-refractivity contribution in [1.82, 2.24) is 0 Å². The van der Waals surface area contributed by atoms with Crippen LogP contribution >= 0.6 is 22.7 Å². The Balaban J connectivity index is 1.62. The molecule has 0 saturated carbocycles. The molecule has 0 fully saturated rings. The molecule has 0 amide bonds. The molecule has 0 aliphatic heterocycles. The molecule has 0 saturated heterocycles. The Bertz CT molecular complexity index is 1070. The minimum Gasteiger partial charge on any atom is -0.134 e. The van der Waals surface area contributed by atoms with Crippen LogP contribution in [0, 0.1) is 27.7 Å². The molecule has 4 rings (SSSR count). The summed E-state index contributed by atoms with van der Waals surface area (Å²) in [7, 11) is 0. The average Bonchev–Trinajstić information content (AvgIpc) is 3.17. The standard InChI is InChI=1S/C26H24S2/c1-17-5-9-21(10-6-17)13-15-23-19(3)25-26(27-23)20(4)24(28-25)16-14-22-11-7-18(2)8-12-22/h5-16H,1-4H3. The van der Waals surface area contributed by atoms with Gasteiger partial charge < -0.3 is 0 Å². The minimum atomic E-state index is 1.25. The van der Waals surface area contributed by atoms with Crippen molar-refractivity contribution in [1.29, 1.82) is 0 Å². The molecule has 2 heterocycles. The van der Waals surface area contributed by atoms with Gasteiger partial charge >= 0.3 is 0 Å². The Labute approximate surface area is 175 Å². The second-order valence-corrected chi connectivity index (χ2v) is 9.43. The fourth-order valence-electron chi connectivity index (χ4n) is 3.20. The Morgan fingerprint density at radius 2 is 0.857 bits per heavy atom. The lowest BCUT2D eigenvalue weighted by molar-refractivity contribution is 1.46. The van der Waals surface area contributed by atoms with E-state index >= 15 is 0 Å². The highest BCUT2D eigenvalue weighted by molar-refractivity contribution is 7.29. The molecule has 0 spiro atoms. The smallest absolute Gasteiger partial charge is 0.0495 e. The third kappa shape index (κ3) is 3.89. The summed E-state index contributed by atoms with van der Waals surface area (Å²) in [6.45, 7) is 8.74. The lowest BCUT2D eigenvalue weighted by Crippen LogP contribution is -1.74. The van der Waals surface area contributed by atoms with E-state index in [1.54, 1.807) is 0 Å². The van der Waals surface area contributed by atoms with Crippen molar-refractivity contribution in [3.05, 3.63) is 91.7 Å². The maximum atomic E-state index is 2.26. The van der Waals surface area contributed by atoms with Gasteiger partial charge in [-0.3, -0.25) is 0 Å². The number of hydrogen-bond donors (Lipinski definition) is 0. The van der Waals surface area contributed by atoms with Gasteiger partial charge in [-0.1, -0.05) is 71.8 Å². The van der Waals surface area contributed by atoms with Gasteiger partial charge in [0.2, 0.25) is 0 Å². The Morgan fingerprint density at radius 1 is 0.500 bits per heavy atom. The molecule has 0 unspecified atom stereocenters. The topological polar surface area (TPSA) is 0 Å². The zero-order chi connectivity index (χ0) is 19.7. The van der Waals surface area contributed by atoms with E-state index in [2.05, 4.69) is 101 Å². The maximum Gasteiger partial charge on any atom is 0.0495 e. The first-order valence-corrected chi connectivity index (χ1v) is 11.2. The Hall–Kier alpha value is -2.42. The normalized spacial score (nSPS) is 12.0. The third-order valence-corrected chi connectivity index (χ3v) is 7.94. The molecule has 0 N–H and O–H groups in total. The van der Waals surface area contributed by atoms with Gasteiger partial charge in [0.25, 0.3) is 0 Å². The van der Waals surface area contributed by atoms with Gasteiger partial charge in [-0.2, -0.15) is 0 Å². The van der Waals surface area contributed by atoms with Gasteiger partial charge in [-0.25, -0.2) is 0 Å². The summed E-state index contributed by atoms with van der Waals surface area (Å²) in [5.41, 5.74) is 7.89. The minimum absolute atomic E-state index is 1.25. The highest BCUT2D eigenvalue weighted by Crippen LogP contribution is 2.42. The van der Waals surface area contributed by atoms with Crippen LogP contribution in [0.2, 0.25) is 0 Å². The van der Waals surface area contributed by atoms with Crippen LogP contribution in [0.4, 0.5) is 0 Å². The Kier molecular flexibility index (Phi) is 5.34. The fraction of sp³-hybridized carbons (Fsp3) is 0.154. The summed E-state index contributed by atoms with van der Waals surface area (Å²) in [6, 6.07) is 17.4. The summed E-state index contributed by atoms with van der Waals surface area (Å²) in [5.74, 6) is 0. The number of rotatable bonds is 4. The van der Waals surface area contributed by atoms with E-state index in [1.807, 2.05) is 22.7 Å². The van der Waals surface area contributed by atoms with E-state index in [9.17, 15) is 0 Å². The molecule has 140 valence electrons. The molecular weight excluding hydrogens is 376 g/mol. The van der Waals surface area contributed by atoms with Crippen molar-refractivity contribution < 1.29 is 0 Å². The molecule has 0 nitrogen and oxygen atoms in total. The summed E-state index contributed by atoms with van der Waals surface area (Å²) in [4.78, 5) is 2.72. The van der Waals surface area contributed by atoms with E-state index in [0.29, 0.717) is 0 Å². The predicted octanol–water partition coefficient (Wildman–Crippen LogP) is 8.54. The van der Waals surface area contributed by atoms with Crippen LogP contribution in [-0.4, -0.2) is 0 Å². The predicted molar refractivity (Wildman–Crippen MR) is 129 cm³/mol. The molecular formula is C26H24S2. The van der Waals surface area contributed by atoms with Crippen molar-refractivity contribution >= 4 is 56.4 Å². The molecule has 2 heteroatoms. The number of aryl methyl sites for hydroxylation is 4. The molecule has 0 radical (unpaired) electrons. The first-order chi connectivity index (χ1) is 13.5. The molecule has 28 heavy (non-hydrogen) atoms. The van der Waals surface area contributed by atoms with Crippen LogP contribution in [0.25, 0.3) is 33.7 Å². The fourth-order valence-corrected chi connectivity index (χ4v) is 5.82. The molecule has 0 aliphatic carbocycles. The van der Waals surface area contributed by atoms with Crippen LogP contribution in [0.3, 0.4) is 0 Å². The number of fused-ring (bicyclic) bond motifs is 1. The average molecular weight is 401 g/mol. The van der Waals surface area contributed by atoms with Crippen LogP contribution in [-0.2, 0) is 0 Å². The Morgan fingerprint density at radius 3 is 1.21 bits per heavy atom. The summed E-state index contributed by atoms with van der Waals surface area (Å²) in [6.07, 6.45) is 8.96. The van der Waals surface area contributed by atoms with Crippen LogP contribution < -0.4 is 0 Å². The molecule has 2 aromatic carbocycles. The second-order valence-electron chi connectivity index (χ2n) is 7.33. The third-order valence-electron chi connectivity index (χ3n) is 5.06. The summed E-state index contributed by atoms with van der Waals surface area (Å²) in [5, 5.41) is 0. The first kappa shape index (κ1) is 18.9. The van der Waals surface area contributed by atoms with E-state index in [-0.39, 0.29) is 0 Å². The van der Waals surface area contributed by atoms with Crippen molar-refractivity contribution in [3.63, 3.8) is 0 Å². The highest BCUT2D eigenvalue weighted by Gasteiger charge is 2.14. The van der Waals surface area contributed by atoms with Gasteiger partial charge in [0.05, 0.1) is 0 Å². The van der Waals surface area contributed by atoms with Gasteiger partial charge in [-0.15, -0.1) is 22.7 Å². The van der Waals surface area contributed by atoms with Crippen molar-refractivity contribution in [2.75, 3.05) is 0 Å². The number of hydrogen-bond acceptors (Lipinski definition) is 2. The number of thiophene rings is 2. The quantitative estimate of drug-likeness (QED) is 0.322. The van der Waals surface area contributed by atoms with Gasteiger partial charge in [0.1, 0.15) is 0 Å². The van der Waals surface area contributed by atoms with Crippen molar-refractivity contribution in [3.8, 4) is 0 Å². The van der Waals surface area contributed by atoms with Crippen molar-refractivity contribution in [2.45, 2.75) is 27.7 Å². The van der Waals surface area contributed by atoms with Crippen LogP contribution in [0.1, 0.15) is 43.1 Å². The van der Waals surface area contributed by atoms with Gasteiger partial charge in [0, 0.05) is 19.2 Å². The van der Waals surface area contributed by atoms with E-state index in [0.717, 1.165) is 0 Å².